The van der Waals surface area contributed by atoms with Gasteiger partial charge < -0.3 is 15.5 Å². The molecule has 0 atom stereocenters. The maximum absolute atomic E-state index is 13.9. The Bertz CT molecular complexity index is 900. The molecule has 0 aliphatic heterocycles. The van der Waals surface area contributed by atoms with Crippen LogP contribution in [0.1, 0.15) is 15.4 Å². The molecule has 0 spiro atoms. The summed E-state index contributed by atoms with van der Waals surface area (Å²) < 4.78 is 20.8. The van der Waals surface area contributed by atoms with E-state index >= 15 is 0 Å². The summed E-state index contributed by atoms with van der Waals surface area (Å²) in [6.45, 7) is 0.232. The molecule has 3 rings (SSSR count). The van der Waals surface area contributed by atoms with Crippen molar-refractivity contribution >= 4 is 35.3 Å². The summed E-state index contributed by atoms with van der Waals surface area (Å²) in [5.41, 5.74) is 6.23. The molecule has 1 aromatic carbocycles. The topological polar surface area (TPSA) is 73.2 Å². The zero-order valence-corrected chi connectivity index (χ0v) is 13.4. The lowest BCUT2D eigenvalue weighted by Crippen LogP contribution is -2.23. The predicted octanol–water partition coefficient (Wildman–Crippen LogP) is 3.51. The van der Waals surface area contributed by atoms with Crippen molar-refractivity contribution in [2.45, 2.75) is 6.54 Å². The maximum Gasteiger partial charge on any atom is 0.265 e. The Hall–Kier alpha value is -2.45. The Morgan fingerprint density at radius 3 is 2.83 bits per heavy atom. The molecular weight excluding hydrogens is 337 g/mol. The first-order chi connectivity index (χ1) is 11.1. The number of benzene rings is 1. The zero-order valence-electron chi connectivity index (χ0n) is 11.8. The summed E-state index contributed by atoms with van der Waals surface area (Å²) in [4.78, 5) is 12.5. The van der Waals surface area contributed by atoms with Gasteiger partial charge in [0.2, 0.25) is 0 Å². The van der Waals surface area contributed by atoms with Gasteiger partial charge in [-0.05, 0) is 36.5 Å². The first-order valence-electron chi connectivity index (χ1n) is 6.64. The number of thiazole rings is 1. The molecule has 0 radical (unpaired) electrons. The fourth-order valence-electron chi connectivity index (χ4n) is 2.07. The van der Waals surface area contributed by atoms with Crippen LogP contribution in [-0.2, 0) is 6.54 Å². The Balaban J connectivity index is 1.90. The highest BCUT2D eigenvalue weighted by atomic mass is 32.1. The van der Waals surface area contributed by atoms with Crippen LogP contribution in [0.4, 0.5) is 10.2 Å². The molecule has 2 heterocycles. The molecule has 1 amide bonds. The highest BCUT2D eigenvalue weighted by molar-refractivity contribution is 7.73. The second-order valence-electron chi connectivity index (χ2n) is 4.63. The minimum absolute atomic E-state index is 0.113. The van der Waals surface area contributed by atoms with E-state index in [0.717, 1.165) is 11.3 Å². The van der Waals surface area contributed by atoms with Crippen molar-refractivity contribution in [1.82, 2.24) is 9.88 Å². The first kappa shape index (κ1) is 15.4. The van der Waals surface area contributed by atoms with Gasteiger partial charge in [-0.1, -0.05) is 23.5 Å². The number of para-hydroxylation sites is 1. The van der Waals surface area contributed by atoms with Crippen molar-refractivity contribution in [1.29, 1.82) is 0 Å². The lowest BCUT2D eigenvalue weighted by Gasteiger charge is -2.07. The number of nitrogens with two attached hydrogens (primary N) is 1. The number of nitrogens with zero attached hydrogens (tertiary/aromatic N) is 1. The van der Waals surface area contributed by atoms with E-state index in [1.54, 1.807) is 30.3 Å². The molecule has 8 heteroatoms. The number of anilines is 1. The van der Waals surface area contributed by atoms with Crippen molar-refractivity contribution in [3.63, 3.8) is 0 Å². The van der Waals surface area contributed by atoms with Crippen LogP contribution in [0.25, 0.3) is 5.69 Å². The molecule has 0 aliphatic carbocycles. The number of carbonyl (C=O) groups is 1. The van der Waals surface area contributed by atoms with Gasteiger partial charge in [-0.2, -0.15) is 0 Å². The normalized spacial score (nSPS) is 10.7. The molecule has 2 aromatic heterocycles. The van der Waals surface area contributed by atoms with E-state index in [-0.39, 0.29) is 28.8 Å². The van der Waals surface area contributed by atoms with E-state index in [0.29, 0.717) is 9.71 Å². The van der Waals surface area contributed by atoms with Crippen molar-refractivity contribution in [2.75, 3.05) is 5.73 Å². The number of hydrogen-bond donors (Lipinski definition) is 2. The Morgan fingerprint density at radius 1 is 1.35 bits per heavy atom. The van der Waals surface area contributed by atoms with Gasteiger partial charge in [0.15, 0.2) is 3.95 Å². The maximum atomic E-state index is 13.9. The van der Waals surface area contributed by atoms with Gasteiger partial charge in [-0.3, -0.25) is 9.36 Å². The predicted molar refractivity (Wildman–Crippen MR) is 88.7 cm³/mol. The van der Waals surface area contributed by atoms with Gasteiger partial charge >= 0.3 is 0 Å². The average molecular weight is 349 g/mol. The number of nitrogens with one attached hydrogen (secondary N) is 1. The smallest absolute Gasteiger partial charge is 0.265 e. The van der Waals surface area contributed by atoms with Crippen LogP contribution in [0.5, 0.6) is 0 Å². The quantitative estimate of drug-likeness (QED) is 0.707. The lowest BCUT2D eigenvalue weighted by molar-refractivity contribution is 0.0952. The van der Waals surface area contributed by atoms with Crippen LogP contribution in [0.2, 0.25) is 0 Å². The molecule has 0 fully saturated rings. The number of halogens is 1. The summed E-state index contributed by atoms with van der Waals surface area (Å²) in [6.07, 6.45) is 1.52. The minimum atomic E-state index is -0.462. The highest BCUT2D eigenvalue weighted by Crippen LogP contribution is 2.27. The van der Waals surface area contributed by atoms with Crippen LogP contribution >= 0.6 is 23.6 Å². The van der Waals surface area contributed by atoms with E-state index in [4.69, 9.17) is 22.4 Å². The Labute approximate surface area is 140 Å². The summed E-state index contributed by atoms with van der Waals surface area (Å²) >= 11 is 6.25. The molecule has 0 aliphatic rings. The van der Waals surface area contributed by atoms with Gasteiger partial charge in [-0.25, -0.2) is 4.39 Å². The molecule has 0 bridgehead atoms. The SMILES string of the molecule is Nc1c(C(=O)NCc2ccco2)sc(=S)n1-c1ccccc1F. The van der Waals surface area contributed by atoms with Crippen molar-refractivity contribution < 1.29 is 13.6 Å². The van der Waals surface area contributed by atoms with E-state index in [1.807, 2.05) is 0 Å². The van der Waals surface area contributed by atoms with Gasteiger partial charge in [0.05, 0.1) is 18.5 Å². The Morgan fingerprint density at radius 2 is 2.13 bits per heavy atom. The van der Waals surface area contributed by atoms with Crippen LogP contribution in [-0.4, -0.2) is 10.5 Å². The molecule has 0 saturated carbocycles. The summed E-state index contributed by atoms with van der Waals surface area (Å²) in [6, 6.07) is 9.59. The standard InChI is InChI=1S/C15H12FN3O2S2/c16-10-5-1-2-6-11(10)19-13(17)12(23-15(19)22)14(20)18-8-9-4-3-7-21-9/h1-7H,8,17H2,(H,18,20). The van der Waals surface area contributed by atoms with E-state index in [1.165, 1.54) is 16.9 Å². The van der Waals surface area contributed by atoms with Gasteiger partial charge in [0, 0.05) is 0 Å². The lowest BCUT2D eigenvalue weighted by atomic mass is 10.3. The molecule has 0 unspecified atom stereocenters. The van der Waals surface area contributed by atoms with E-state index in [9.17, 15) is 9.18 Å². The van der Waals surface area contributed by atoms with Gasteiger partial charge in [0.25, 0.3) is 5.91 Å². The Kier molecular flexibility index (Phi) is 4.26. The number of aromatic nitrogens is 1. The van der Waals surface area contributed by atoms with Crippen LogP contribution in [0, 0.1) is 9.77 Å². The molecule has 5 nitrogen and oxygen atoms in total. The summed E-state index contributed by atoms with van der Waals surface area (Å²) in [5, 5.41) is 2.69. The average Bonchev–Trinajstić information content (AvgIpc) is 3.14. The third-order valence-electron chi connectivity index (χ3n) is 3.15. The molecule has 0 saturated heterocycles. The number of rotatable bonds is 4. The third kappa shape index (κ3) is 3.03. The van der Waals surface area contributed by atoms with Crippen molar-refractivity contribution in [3.05, 3.63) is 63.1 Å². The summed E-state index contributed by atoms with van der Waals surface area (Å²) in [7, 11) is 0. The second-order valence-corrected chi connectivity index (χ2v) is 6.28. The van der Waals surface area contributed by atoms with Gasteiger partial charge in [-0.15, -0.1) is 0 Å². The molecule has 3 aromatic rings. The van der Waals surface area contributed by atoms with E-state index in [2.05, 4.69) is 5.32 Å². The second kappa shape index (κ2) is 6.35. The number of amides is 1. The van der Waals surface area contributed by atoms with E-state index < -0.39 is 5.82 Å². The highest BCUT2D eigenvalue weighted by Gasteiger charge is 2.19. The number of hydrogen-bond acceptors (Lipinski definition) is 5. The minimum Gasteiger partial charge on any atom is -0.467 e. The number of carbonyl (C=O) groups excluding carboxylic acids is 1. The van der Waals surface area contributed by atoms with Crippen LogP contribution < -0.4 is 11.1 Å². The molecule has 23 heavy (non-hydrogen) atoms. The summed E-state index contributed by atoms with van der Waals surface area (Å²) in [5.74, 6) is -0.114. The third-order valence-corrected chi connectivity index (χ3v) is 4.54. The number of nitrogen functional groups attached to an aromatic ring is 1. The zero-order chi connectivity index (χ0) is 16.4. The largest absolute Gasteiger partial charge is 0.467 e. The fourth-order valence-corrected chi connectivity index (χ4v) is 3.34. The molecular formula is C15H12FN3O2S2. The van der Waals surface area contributed by atoms with Crippen LogP contribution in [0.15, 0.2) is 47.1 Å². The van der Waals surface area contributed by atoms with Crippen molar-refractivity contribution in [3.8, 4) is 5.69 Å². The monoisotopic (exact) mass is 349 g/mol. The molecule has 3 N–H and O–H groups in total. The molecule has 118 valence electrons. The number of furan rings is 1. The van der Waals surface area contributed by atoms with Crippen molar-refractivity contribution in [2.24, 2.45) is 0 Å². The van der Waals surface area contributed by atoms with Gasteiger partial charge in [0.1, 0.15) is 22.3 Å². The fraction of sp³-hybridized carbons (Fsp3) is 0.0667. The van der Waals surface area contributed by atoms with Crippen LogP contribution in [0.3, 0.4) is 0 Å². The first-order valence-corrected chi connectivity index (χ1v) is 7.87.